The second kappa shape index (κ2) is 5.82. The minimum absolute atomic E-state index is 0.0159. The minimum Gasteiger partial charge on any atom is -0.361 e. The van der Waals surface area contributed by atoms with E-state index in [2.05, 4.69) is 35.3 Å². The summed E-state index contributed by atoms with van der Waals surface area (Å²) in [6.45, 7) is 4.26. The number of anilines is 1. The molecule has 2 N–H and O–H groups in total. The van der Waals surface area contributed by atoms with Crippen molar-refractivity contribution in [3.05, 3.63) is 47.9 Å². The Morgan fingerprint density at radius 2 is 2.29 bits per heavy atom. The molecule has 4 rings (SSSR count). The number of benzene rings is 1. The molecule has 5 heteroatoms. The highest BCUT2D eigenvalue weighted by atomic mass is 16.1. The summed E-state index contributed by atoms with van der Waals surface area (Å²) in [6, 6.07) is 6.54. The van der Waals surface area contributed by atoms with Gasteiger partial charge in [-0.15, -0.1) is 0 Å². The van der Waals surface area contributed by atoms with E-state index < -0.39 is 0 Å². The van der Waals surface area contributed by atoms with Gasteiger partial charge in [0.2, 0.25) is 5.91 Å². The summed E-state index contributed by atoms with van der Waals surface area (Å²) < 4.78 is 1.96. The van der Waals surface area contributed by atoms with Gasteiger partial charge in [0.25, 0.3) is 0 Å². The van der Waals surface area contributed by atoms with Gasteiger partial charge in [-0.3, -0.25) is 9.48 Å². The summed E-state index contributed by atoms with van der Waals surface area (Å²) >= 11 is 0. The van der Waals surface area contributed by atoms with Gasteiger partial charge in [0, 0.05) is 23.3 Å². The predicted octanol–water partition coefficient (Wildman–Crippen LogP) is 3.83. The van der Waals surface area contributed by atoms with Gasteiger partial charge < -0.3 is 10.3 Å². The average Bonchev–Trinajstić information content (AvgIpc) is 3.18. The maximum Gasteiger partial charge on any atom is 0.228 e. The third kappa shape index (κ3) is 2.82. The van der Waals surface area contributed by atoms with Crippen molar-refractivity contribution in [2.45, 2.75) is 39.2 Å². The lowest BCUT2D eigenvalue weighted by atomic mass is 10.1. The van der Waals surface area contributed by atoms with Crippen molar-refractivity contribution in [2.24, 2.45) is 5.92 Å². The van der Waals surface area contributed by atoms with Gasteiger partial charge in [-0.2, -0.15) is 5.10 Å². The lowest BCUT2D eigenvalue weighted by molar-refractivity contribution is -0.115. The summed E-state index contributed by atoms with van der Waals surface area (Å²) in [7, 11) is 0. The normalized spacial score (nSPS) is 15.6. The standard InChI is InChI=1S/C19H22N4O/c1-12-4-3-5-17-19(12)15(9-20-17)8-18(24)22-16-10-21-23(11-16)13(2)14-6-7-14/h3-5,9-11,13-14,20H,6-8H2,1-2H3,(H,22,24). The average molecular weight is 322 g/mol. The number of carbonyl (C=O) groups is 1. The van der Waals surface area contributed by atoms with E-state index in [9.17, 15) is 4.79 Å². The van der Waals surface area contributed by atoms with Crippen LogP contribution >= 0.6 is 0 Å². The molecule has 0 saturated heterocycles. The number of hydrogen-bond donors (Lipinski definition) is 2. The largest absolute Gasteiger partial charge is 0.361 e. The molecule has 3 aromatic rings. The Labute approximate surface area is 141 Å². The molecule has 1 aliphatic rings. The van der Waals surface area contributed by atoms with Crippen LogP contribution in [-0.2, 0) is 11.2 Å². The van der Waals surface area contributed by atoms with Crippen LogP contribution < -0.4 is 5.32 Å². The summed E-state index contributed by atoms with van der Waals surface area (Å²) in [5.41, 5.74) is 4.05. The number of nitrogens with zero attached hydrogens (tertiary/aromatic N) is 2. The van der Waals surface area contributed by atoms with E-state index in [1.807, 2.05) is 29.2 Å². The van der Waals surface area contributed by atoms with Crippen molar-refractivity contribution in [2.75, 3.05) is 5.32 Å². The number of hydrogen-bond acceptors (Lipinski definition) is 2. The summed E-state index contributed by atoms with van der Waals surface area (Å²) in [6.07, 6.45) is 8.51. The maximum atomic E-state index is 12.4. The van der Waals surface area contributed by atoms with Crippen LogP contribution in [-0.4, -0.2) is 20.7 Å². The number of H-pyrrole nitrogens is 1. The Balaban J connectivity index is 1.46. The molecule has 0 bridgehead atoms. The number of aromatic amines is 1. The quantitative estimate of drug-likeness (QED) is 0.750. The molecule has 1 saturated carbocycles. The highest BCUT2D eigenvalue weighted by Gasteiger charge is 2.29. The number of nitrogens with one attached hydrogen (secondary N) is 2. The zero-order valence-electron chi connectivity index (χ0n) is 14.0. The first-order valence-corrected chi connectivity index (χ1v) is 8.51. The van der Waals surface area contributed by atoms with Crippen molar-refractivity contribution in [1.29, 1.82) is 0 Å². The number of rotatable bonds is 5. The van der Waals surface area contributed by atoms with E-state index in [0.717, 1.165) is 28.1 Å². The second-order valence-corrected chi connectivity index (χ2v) is 6.82. The first-order valence-electron chi connectivity index (χ1n) is 8.51. The Kier molecular flexibility index (Phi) is 3.63. The first-order chi connectivity index (χ1) is 11.6. The Morgan fingerprint density at radius 3 is 3.08 bits per heavy atom. The zero-order valence-corrected chi connectivity index (χ0v) is 14.0. The molecule has 1 atom stereocenters. The Bertz CT molecular complexity index is 888. The molecule has 1 aromatic carbocycles. The monoisotopic (exact) mass is 322 g/mol. The van der Waals surface area contributed by atoms with E-state index in [4.69, 9.17) is 0 Å². The highest BCUT2D eigenvalue weighted by Crippen LogP contribution is 2.39. The topological polar surface area (TPSA) is 62.7 Å². The lowest BCUT2D eigenvalue weighted by Gasteiger charge is -2.09. The molecular weight excluding hydrogens is 300 g/mol. The first kappa shape index (κ1) is 15.0. The van der Waals surface area contributed by atoms with Crippen LogP contribution in [0.4, 0.5) is 5.69 Å². The summed E-state index contributed by atoms with van der Waals surface area (Å²) in [4.78, 5) is 15.6. The number of aryl methyl sites for hydroxylation is 1. The van der Waals surface area contributed by atoms with Gasteiger partial charge in [0.05, 0.1) is 24.3 Å². The van der Waals surface area contributed by atoms with Crippen molar-refractivity contribution in [1.82, 2.24) is 14.8 Å². The third-order valence-electron chi connectivity index (χ3n) is 4.95. The van der Waals surface area contributed by atoms with E-state index in [1.54, 1.807) is 6.20 Å². The molecule has 0 aliphatic heterocycles. The van der Waals surface area contributed by atoms with E-state index in [0.29, 0.717) is 12.5 Å². The number of fused-ring (bicyclic) bond motifs is 1. The number of amides is 1. The fourth-order valence-electron chi connectivity index (χ4n) is 3.39. The minimum atomic E-state index is -0.0159. The molecule has 1 unspecified atom stereocenters. The van der Waals surface area contributed by atoms with E-state index >= 15 is 0 Å². The predicted molar refractivity (Wildman–Crippen MR) is 95.0 cm³/mol. The van der Waals surface area contributed by atoms with Crippen LogP contribution in [0.1, 0.15) is 36.9 Å². The third-order valence-corrected chi connectivity index (χ3v) is 4.95. The Hall–Kier alpha value is -2.56. The molecule has 124 valence electrons. The molecule has 24 heavy (non-hydrogen) atoms. The smallest absolute Gasteiger partial charge is 0.228 e. The second-order valence-electron chi connectivity index (χ2n) is 6.82. The Morgan fingerprint density at radius 1 is 1.46 bits per heavy atom. The maximum absolute atomic E-state index is 12.4. The van der Waals surface area contributed by atoms with Crippen LogP contribution in [0.25, 0.3) is 10.9 Å². The van der Waals surface area contributed by atoms with Crippen LogP contribution in [0.2, 0.25) is 0 Å². The van der Waals surface area contributed by atoms with Crippen molar-refractivity contribution < 1.29 is 4.79 Å². The van der Waals surface area contributed by atoms with Gasteiger partial charge in [0.15, 0.2) is 0 Å². The van der Waals surface area contributed by atoms with Gasteiger partial charge >= 0.3 is 0 Å². The summed E-state index contributed by atoms with van der Waals surface area (Å²) in [5, 5.41) is 8.49. The fraction of sp³-hybridized carbons (Fsp3) is 0.368. The van der Waals surface area contributed by atoms with Gasteiger partial charge in [-0.25, -0.2) is 0 Å². The van der Waals surface area contributed by atoms with Crippen molar-refractivity contribution in [3.63, 3.8) is 0 Å². The highest BCUT2D eigenvalue weighted by molar-refractivity contribution is 5.96. The molecule has 2 aromatic heterocycles. The fourth-order valence-corrected chi connectivity index (χ4v) is 3.39. The van der Waals surface area contributed by atoms with Crippen LogP contribution in [0.5, 0.6) is 0 Å². The zero-order chi connectivity index (χ0) is 16.7. The van der Waals surface area contributed by atoms with E-state index in [1.165, 1.54) is 18.4 Å². The van der Waals surface area contributed by atoms with E-state index in [-0.39, 0.29) is 5.91 Å². The SMILES string of the molecule is Cc1cccc2[nH]cc(CC(=O)Nc3cnn(C(C)C4CC4)c3)c12. The molecule has 1 amide bonds. The number of carbonyl (C=O) groups excluding carboxylic acids is 1. The van der Waals surface area contributed by atoms with Crippen molar-refractivity contribution >= 4 is 22.5 Å². The van der Waals surface area contributed by atoms with Crippen LogP contribution in [0, 0.1) is 12.8 Å². The van der Waals surface area contributed by atoms with Crippen LogP contribution in [0.3, 0.4) is 0 Å². The lowest BCUT2D eigenvalue weighted by Crippen LogP contribution is -2.14. The van der Waals surface area contributed by atoms with Crippen molar-refractivity contribution in [3.8, 4) is 0 Å². The van der Waals surface area contributed by atoms with Gasteiger partial charge in [0.1, 0.15) is 0 Å². The molecule has 5 nitrogen and oxygen atoms in total. The molecule has 2 heterocycles. The molecule has 1 fully saturated rings. The molecule has 0 radical (unpaired) electrons. The van der Waals surface area contributed by atoms with Crippen LogP contribution in [0.15, 0.2) is 36.8 Å². The van der Waals surface area contributed by atoms with Gasteiger partial charge in [-0.1, -0.05) is 12.1 Å². The molecule has 1 aliphatic carbocycles. The number of aromatic nitrogens is 3. The molecule has 0 spiro atoms. The molecular formula is C19H22N4O. The summed E-state index contributed by atoms with van der Waals surface area (Å²) in [5.74, 6) is 0.723. The van der Waals surface area contributed by atoms with Gasteiger partial charge in [-0.05, 0) is 49.8 Å².